The van der Waals surface area contributed by atoms with Crippen LogP contribution in [0.2, 0.25) is 0 Å². The van der Waals surface area contributed by atoms with E-state index in [9.17, 15) is 12.8 Å². The third-order valence-corrected chi connectivity index (χ3v) is 5.75. The van der Waals surface area contributed by atoms with Crippen LogP contribution in [-0.4, -0.2) is 25.8 Å². The minimum atomic E-state index is -3.50. The van der Waals surface area contributed by atoms with Crippen LogP contribution in [0.3, 0.4) is 0 Å². The second kappa shape index (κ2) is 6.01. The van der Waals surface area contributed by atoms with Crippen LogP contribution < -0.4 is 0 Å². The fourth-order valence-electron chi connectivity index (χ4n) is 2.59. The molecular weight excluding hydrogens is 265 g/mol. The first kappa shape index (κ1) is 14.5. The van der Waals surface area contributed by atoms with Gasteiger partial charge in [-0.2, -0.15) is 4.31 Å². The Morgan fingerprint density at radius 2 is 1.58 bits per heavy atom. The van der Waals surface area contributed by atoms with Gasteiger partial charge in [0.2, 0.25) is 10.0 Å². The van der Waals surface area contributed by atoms with Crippen LogP contribution in [0, 0.1) is 5.82 Å². The topological polar surface area (TPSA) is 37.4 Å². The van der Waals surface area contributed by atoms with Crippen LogP contribution in [0.15, 0.2) is 29.2 Å². The maximum atomic E-state index is 12.9. The third-order valence-electron chi connectivity index (χ3n) is 3.83. The first-order valence-corrected chi connectivity index (χ1v) is 8.19. The first-order valence-electron chi connectivity index (χ1n) is 6.75. The average Bonchev–Trinajstić information content (AvgIpc) is 2.67. The van der Waals surface area contributed by atoms with Gasteiger partial charge < -0.3 is 0 Å². The van der Waals surface area contributed by atoms with Gasteiger partial charge in [-0.05, 0) is 37.1 Å². The van der Waals surface area contributed by atoms with E-state index < -0.39 is 15.8 Å². The molecule has 0 saturated heterocycles. The summed E-state index contributed by atoms with van der Waals surface area (Å²) in [4.78, 5) is 0.167. The minimum absolute atomic E-state index is 0.0672. The lowest BCUT2D eigenvalue weighted by molar-refractivity contribution is 0.335. The highest BCUT2D eigenvalue weighted by Gasteiger charge is 2.28. The maximum Gasteiger partial charge on any atom is 0.243 e. The van der Waals surface area contributed by atoms with E-state index in [2.05, 4.69) is 0 Å². The van der Waals surface area contributed by atoms with Crippen LogP contribution in [0.4, 0.5) is 4.39 Å². The molecule has 0 spiro atoms. The quantitative estimate of drug-likeness (QED) is 0.800. The molecule has 1 aromatic rings. The molecule has 0 unspecified atom stereocenters. The van der Waals surface area contributed by atoms with Crippen molar-refractivity contribution in [3.05, 3.63) is 30.1 Å². The second-order valence-electron chi connectivity index (χ2n) is 5.12. The van der Waals surface area contributed by atoms with E-state index in [0.717, 1.165) is 25.7 Å². The normalized spacial score (nSPS) is 18.5. The summed E-state index contributed by atoms with van der Waals surface area (Å²) in [5.74, 6) is -0.420. The van der Waals surface area contributed by atoms with E-state index in [1.165, 1.54) is 41.4 Å². The molecule has 0 N–H and O–H groups in total. The lowest BCUT2D eigenvalue weighted by Gasteiger charge is -2.26. The number of sulfonamides is 1. The summed E-state index contributed by atoms with van der Waals surface area (Å²) in [6.07, 6.45) is 6.34. The highest BCUT2D eigenvalue weighted by Crippen LogP contribution is 2.25. The van der Waals surface area contributed by atoms with Gasteiger partial charge in [-0.3, -0.25) is 0 Å². The Labute approximate surface area is 114 Å². The van der Waals surface area contributed by atoms with Gasteiger partial charge in [-0.15, -0.1) is 0 Å². The number of rotatable bonds is 3. The number of hydrogen-bond acceptors (Lipinski definition) is 2. The standard InChI is InChI=1S/C14H20FNO2S/c1-16(13-6-4-2-3-5-7-13)19(17,18)14-10-8-12(15)9-11-14/h8-11,13H,2-7H2,1H3. The first-order chi connectivity index (χ1) is 9.01. The second-order valence-corrected chi connectivity index (χ2v) is 7.12. The predicted molar refractivity (Wildman–Crippen MR) is 72.8 cm³/mol. The monoisotopic (exact) mass is 285 g/mol. The van der Waals surface area contributed by atoms with Gasteiger partial charge in [-0.1, -0.05) is 25.7 Å². The highest BCUT2D eigenvalue weighted by molar-refractivity contribution is 7.89. The Bertz CT molecular complexity index is 505. The molecule has 0 heterocycles. The molecule has 1 saturated carbocycles. The van der Waals surface area contributed by atoms with E-state index >= 15 is 0 Å². The molecule has 1 aliphatic rings. The van der Waals surface area contributed by atoms with Gasteiger partial charge in [0.15, 0.2) is 0 Å². The molecule has 106 valence electrons. The molecule has 5 heteroatoms. The summed E-state index contributed by atoms with van der Waals surface area (Å²) < 4.78 is 39.3. The van der Waals surface area contributed by atoms with Gasteiger partial charge in [-0.25, -0.2) is 12.8 Å². The average molecular weight is 285 g/mol. The molecule has 2 rings (SSSR count). The Kier molecular flexibility index (Phi) is 4.58. The zero-order valence-corrected chi connectivity index (χ0v) is 12.0. The Morgan fingerprint density at radius 3 is 2.11 bits per heavy atom. The number of nitrogens with zero attached hydrogens (tertiary/aromatic N) is 1. The largest absolute Gasteiger partial charge is 0.243 e. The van der Waals surface area contributed by atoms with E-state index in [4.69, 9.17) is 0 Å². The van der Waals surface area contributed by atoms with Crippen molar-refractivity contribution in [2.24, 2.45) is 0 Å². The minimum Gasteiger partial charge on any atom is -0.207 e. The highest BCUT2D eigenvalue weighted by atomic mass is 32.2. The van der Waals surface area contributed by atoms with Gasteiger partial charge in [0.1, 0.15) is 5.82 Å². The van der Waals surface area contributed by atoms with Crippen molar-refractivity contribution in [2.45, 2.75) is 49.5 Å². The van der Waals surface area contributed by atoms with Gasteiger partial charge >= 0.3 is 0 Å². The molecule has 0 amide bonds. The number of halogens is 1. The zero-order chi connectivity index (χ0) is 13.9. The van der Waals surface area contributed by atoms with E-state index in [0.29, 0.717) is 0 Å². The summed E-state index contributed by atoms with van der Waals surface area (Å²) in [6, 6.07) is 5.11. The summed E-state index contributed by atoms with van der Waals surface area (Å²) >= 11 is 0. The van der Waals surface area contributed by atoms with Gasteiger partial charge in [0.25, 0.3) is 0 Å². The summed E-state index contributed by atoms with van der Waals surface area (Å²) in [7, 11) is -1.87. The van der Waals surface area contributed by atoms with Crippen LogP contribution >= 0.6 is 0 Å². The fraction of sp³-hybridized carbons (Fsp3) is 0.571. The molecular formula is C14H20FNO2S. The molecule has 1 fully saturated rings. The molecule has 19 heavy (non-hydrogen) atoms. The van der Waals surface area contributed by atoms with Crippen molar-refractivity contribution in [3.8, 4) is 0 Å². The van der Waals surface area contributed by atoms with Gasteiger partial charge in [0.05, 0.1) is 4.90 Å². The summed E-state index contributed by atoms with van der Waals surface area (Å²) in [5, 5.41) is 0. The molecule has 0 atom stereocenters. The summed E-state index contributed by atoms with van der Waals surface area (Å²) in [6.45, 7) is 0. The van der Waals surface area contributed by atoms with Crippen molar-refractivity contribution < 1.29 is 12.8 Å². The van der Waals surface area contributed by atoms with E-state index in [-0.39, 0.29) is 10.9 Å². The number of benzene rings is 1. The Morgan fingerprint density at radius 1 is 1.05 bits per heavy atom. The fourth-order valence-corrected chi connectivity index (χ4v) is 4.01. The third kappa shape index (κ3) is 3.34. The summed E-state index contributed by atoms with van der Waals surface area (Å²) in [5.41, 5.74) is 0. The lowest BCUT2D eigenvalue weighted by Crippen LogP contribution is -2.36. The van der Waals surface area contributed by atoms with Crippen LogP contribution in [0.5, 0.6) is 0 Å². The van der Waals surface area contributed by atoms with Crippen molar-refractivity contribution in [1.29, 1.82) is 0 Å². The molecule has 0 bridgehead atoms. The molecule has 3 nitrogen and oxygen atoms in total. The van der Waals surface area contributed by atoms with E-state index in [1.54, 1.807) is 7.05 Å². The molecule has 1 aliphatic carbocycles. The van der Waals surface area contributed by atoms with Crippen molar-refractivity contribution >= 4 is 10.0 Å². The lowest BCUT2D eigenvalue weighted by atomic mass is 10.1. The maximum absolute atomic E-state index is 12.9. The number of hydrogen-bond donors (Lipinski definition) is 0. The zero-order valence-electron chi connectivity index (χ0n) is 11.2. The Hall–Kier alpha value is -0.940. The SMILES string of the molecule is CN(C1CCCCCC1)S(=O)(=O)c1ccc(F)cc1. The molecule has 0 aromatic heterocycles. The molecule has 0 radical (unpaired) electrons. The van der Waals surface area contributed by atoms with Crippen molar-refractivity contribution in [3.63, 3.8) is 0 Å². The van der Waals surface area contributed by atoms with E-state index in [1.807, 2.05) is 0 Å². The molecule has 0 aliphatic heterocycles. The predicted octanol–water partition coefficient (Wildman–Crippen LogP) is 3.17. The van der Waals surface area contributed by atoms with Gasteiger partial charge in [0, 0.05) is 13.1 Å². The Balaban J connectivity index is 2.20. The van der Waals surface area contributed by atoms with Crippen LogP contribution in [-0.2, 0) is 10.0 Å². The smallest absolute Gasteiger partial charge is 0.207 e. The van der Waals surface area contributed by atoms with Crippen molar-refractivity contribution in [2.75, 3.05) is 7.05 Å². The van der Waals surface area contributed by atoms with Crippen molar-refractivity contribution in [1.82, 2.24) is 4.31 Å². The van der Waals surface area contributed by atoms with Crippen LogP contribution in [0.1, 0.15) is 38.5 Å². The van der Waals surface area contributed by atoms with Crippen LogP contribution in [0.25, 0.3) is 0 Å². The molecule has 1 aromatic carbocycles.